The SMILES string of the molecule is CCCNc1ccc(C(=O)NC2CCCNC2=O)nc1. The Morgan fingerprint density at radius 3 is 3.00 bits per heavy atom. The van der Waals surface area contributed by atoms with Gasteiger partial charge in [-0.2, -0.15) is 0 Å². The van der Waals surface area contributed by atoms with E-state index in [0.717, 1.165) is 25.1 Å². The second-order valence-corrected chi connectivity index (χ2v) is 4.82. The Morgan fingerprint density at radius 2 is 2.35 bits per heavy atom. The van der Waals surface area contributed by atoms with Crippen molar-refractivity contribution in [2.75, 3.05) is 18.4 Å². The minimum atomic E-state index is -0.448. The molecule has 2 heterocycles. The molecule has 1 saturated heterocycles. The Hall–Kier alpha value is -2.11. The summed E-state index contributed by atoms with van der Waals surface area (Å²) in [4.78, 5) is 27.7. The molecule has 0 saturated carbocycles. The third kappa shape index (κ3) is 3.69. The highest BCUT2D eigenvalue weighted by atomic mass is 16.2. The molecule has 6 nitrogen and oxygen atoms in total. The van der Waals surface area contributed by atoms with Crippen LogP contribution in [0.25, 0.3) is 0 Å². The zero-order valence-corrected chi connectivity index (χ0v) is 11.6. The van der Waals surface area contributed by atoms with E-state index in [9.17, 15) is 9.59 Å². The Morgan fingerprint density at radius 1 is 1.50 bits per heavy atom. The molecule has 1 unspecified atom stereocenters. The normalized spacial score (nSPS) is 18.2. The second-order valence-electron chi connectivity index (χ2n) is 4.82. The molecular formula is C14H20N4O2. The van der Waals surface area contributed by atoms with E-state index in [1.807, 2.05) is 6.07 Å². The van der Waals surface area contributed by atoms with Crippen molar-refractivity contribution in [3.8, 4) is 0 Å². The van der Waals surface area contributed by atoms with E-state index < -0.39 is 6.04 Å². The van der Waals surface area contributed by atoms with E-state index in [0.29, 0.717) is 18.7 Å². The third-order valence-electron chi connectivity index (χ3n) is 3.17. The molecule has 0 aliphatic carbocycles. The van der Waals surface area contributed by atoms with Crippen LogP contribution in [-0.2, 0) is 4.79 Å². The van der Waals surface area contributed by atoms with Crippen LogP contribution < -0.4 is 16.0 Å². The fourth-order valence-electron chi connectivity index (χ4n) is 2.04. The van der Waals surface area contributed by atoms with Gasteiger partial charge in [0.25, 0.3) is 5.91 Å². The molecule has 1 aliphatic rings. The van der Waals surface area contributed by atoms with Gasteiger partial charge in [-0.3, -0.25) is 9.59 Å². The molecule has 108 valence electrons. The summed E-state index contributed by atoms with van der Waals surface area (Å²) in [5.41, 5.74) is 1.21. The van der Waals surface area contributed by atoms with Crippen LogP contribution in [0, 0.1) is 0 Å². The molecule has 3 N–H and O–H groups in total. The zero-order chi connectivity index (χ0) is 14.4. The van der Waals surface area contributed by atoms with Gasteiger partial charge in [-0.1, -0.05) is 6.92 Å². The average Bonchev–Trinajstić information content (AvgIpc) is 2.48. The van der Waals surface area contributed by atoms with Gasteiger partial charge in [-0.25, -0.2) is 4.98 Å². The van der Waals surface area contributed by atoms with Crippen LogP contribution in [0.3, 0.4) is 0 Å². The van der Waals surface area contributed by atoms with E-state index in [1.165, 1.54) is 0 Å². The van der Waals surface area contributed by atoms with Crippen LogP contribution in [0.2, 0.25) is 0 Å². The first-order valence-electron chi connectivity index (χ1n) is 6.99. The van der Waals surface area contributed by atoms with Gasteiger partial charge >= 0.3 is 0 Å². The molecule has 6 heteroatoms. The number of nitrogens with one attached hydrogen (secondary N) is 3. The van der Waals surface area contributed by atoms with E-state index in [-0.39, 0.29) is 11.8 Å². The number of amides is 2. The molecule has 0 aromatic carbocycles. The Balaban J connectivity index is 1.93. The van der Waals surface area contributed by atoms with Crippen molar-refractivity contribution in [3.05, 3.63) is 24.0 Å². The number of carbonyl (C=O) groups excluding carboxylic acids is 2. The molecule has 0 radical (unpaired) electrons. The lowest BCUT2D eigenvalue weighted by Gasteiger charge is -2.22. The van der Waals surface area contributed by atoms with Gasteiger partial charge in [0.05, 0.1) is 11.9 Å². The zero-order valence-electron chi connectivity index (χ0n) is 11.6. The van der Waals surface area contributed by atoms with Crippen molar-refractivity contribution < 1.29 is 9.59 Å². The number of rotatable bonds is 5. The number of nitrogens with zero attached hydrogens (tertiary/aromatic N) is 1. The van der Waals surface area contributed by atoms with Crippen molar-refractivity contribution >= 4 is 17.5 Å². The van der Waals surface area contributed by atoms with Gasteiger partial charge in [0.1, 0.15) is 11.7 Å². The number of hydrogen-bond donors (Lipinski definition) is 3. The molecule has 2 amide bonds. The molecule has 2 rings (SSSR count). The minimum Gasteiger partial charge on any atom is -0.384 e. The summed E-state index contributed by atoms with van der Waals surface area (Å²) in [5.74, 6) is -0.431. The van der Waals surface area contributed by atoms with Crippen molar-refractivity contribution in [3.63, 3.8) is 0 Å². The monoisotopic (exact) mass is 276 g/mol. The Labute approximate surface area is 118 Å². The summed E-state index contributed by atoms with van der Waals surface area (Å²) in [7, 11) is 0. The van der Waals surface area contributed by atoms with Crippen LogP contribution in [0.5, 0.6) is 0 Å². The lowest BCUT2D eigenvalue weighted by molar-refractivity contribution is -0.124. The van der Waals surface area contributed by atoms with Gasteiger partial charge in [0.15, 0.2) is 0 Å². The average molecular weight is 276 g/mol. The van der Waals surface area contributed by atoms with Crippen LogP contribution in [-0.4, -0.2) is 35.9 Å². The summed E-state index contributed by atoms with van der Waals surface area (Å²) < 4.78 is 0. The molecule has 1 aliphatic heterocycles. The fraction of sp³-hybridized carbons (Fsp3) is 0.500. The standard InChI is InChI=1S/C14H20N4O2/c1-2-7-15-10-5-6-11(17-9-10)14(20)18-12-4-3-8-16-13(12)19/h5-6,9,12,15H,2-4,7-8H2,1H3,(H,16,19)(H,18,20). The predicted molar refractivity (Wildman–Crippen MR) is 76.5 cm³/mol. The van der Waals surface area contributed by atoms with Crippen LogP contribution in [0.15, 0.2) is 18.3 Å². The van der Waals surface area contributed by atoms with Crippen LogP contribution in [0.4, 0.5) is 5.69 Å². The number of carbonyl (C=O) groups is 2. The maximum atomic E-state index is 12.0. The molecule has 0 spiro atoms. The quantitative estimate of drug-likeness (QED) is 0.746. The van der Waals surface area contributed by atoms with E-state index in [1.54, 1.807) is 12.3 Å². The van der Waals surface area contributed by atoms with Gasteiger partial charge < -0.3 is 16.0 Å². The van der Waals surface area contributed by atoms with E-state index in [4.69, 9.17) is 0 Å². The maximum absolute atomic E-state index is 12.0. The summed E-state index contributed by atoms with van der Waals surface area (Å²) in [6.07, 6.45) is 4.21. The molecule has 1 atom stereocenters. The molecule has 1 aromatic heterocycles. The third-order valence-corrected chi connectivity index (χ3v) is 3.17. The first kappa shape index (κ1) is 14.3. The van der Waals surface area contributed by atoms with Crippen molar-refractivity contribution in [2.45, 2.75) is 32.2 Å². The van der Waals surface area contributed by atoms with Crippen LogP contribution >= 0.6 is 0 Å². The second kappa shape index (κ2) is 6.88. The molecule has 0 bridgehead atoms. The van der Waals surface area contributed by atoms with Crippen molar-refractivity contribution in [1.82, 2.24) is 15.6 Å². The van der Waals surface area contributed by atoms with Gasteiger partial charge in [-0.15, -0.1) is 0 Å². The number of hydrogen-bond acceptors (Lipinski definition) is 4. The summed E-state index contributed by atoms with van der Waals surface area (Å²) in [5, 5.41) is 8.64. The van der Waals surface area contributed by atoms with Crippen molar-refractivity contribution in [2.24, 2.45) is 0 Å². The molecular weight excluding hydrogens is 256 g/mol. The molecule has 1 fully saturated rings. The number of anilines is 1. The highest BCUT2D eigenvalue weighted by Gasteiger charge is 2.24. The van der Waals surface area contributed by atoms with E-state index in [2.05, 4.69) is 27.9 Å². The first-order chi connectivity index (χ1) is 9.70. The minimum absolute atomic E-state index is 0.120. The van der Waals surface area contributed by atoms with Gasteiger partial charge in [-0.05, 0) is 31.4 Å². The number of aromatic nitrogens is 1. The van der Waals surface area contributed by atoms with Gasteiger partial charge in [0.2, 0.25) is 5.91 Å². The fourth-order valence-corrected chi connectivity index (χ4v) is 2.04. The largest absolute Gasteiger partial charge is 0.384 e. The first-order valence-corrected chi connectivity index (χ1v) is 6.99. The Kier molecular flexibility index (Phi) is 4.92. The summed E-state index contributed by atoms with van der Waals surface area (Å²) in [6.45, 7) is 3.63. The molecule has 20 heavy (non-hydrogen) atoms. The number of pyridine rings is 1. The highest BCUT2D eigenvalue weighted by molar-refractivity contribution is 5.96. The molecule has 1 aromatic rings. The van der Waals surface area contributed by atoms with Gasteiger partial charge in [0, 0.05) is 13.1 Å². The smallest absolute Gasteiger partial charge is 0.270 e. The maximum Gasteiger partial charge on any atom is 0.270 e. The summed E-state index contributed by atoms with van der Waals surface area (Å²) >= 11 is 0. The van der Waals surface area contributed by atoms with E-state index >= 15 is 0 Å². The summed E-state index contributed by atoms with van der Waals surface area (Å²) in [6, 6.07) is 3.03. The Bertz CT molecular complexity index is 473. The topological polar surface area (TPSA) is 83.1 Å². The highest BCUT2D eigenvalue weighted by Crippen LogP contribution is 2.08. The van der Waals surface area contributed by atoms with Crippen LogP contribution in [0.1, 0.15) is 36.7 Å². The lowest BCUT2D eigenvalue weighted by atomic mass is 10.1. The number of piperidine rings is 1. The predicted octanol–water partition coefficient (Wildman–Crippen LogP) is 0.912. The van der Waals surface area contributed by atoms with Crippen molar-refractivity contribution in [1.29, 1.82) is 0 Å². The lowest BCUT2D eigenvalue weighted by Crippen LogP contribution is -2.50.